The molecule has 9 nitrogen and oxygen atoms in total. The lowest BCUT2D eigenvalue weighted by Gasteiger charge is -2.36. The van der Waals surface area contributed by atoms with Gasteiger partial charge in [0, 0.05) is 11.8 Å². The van der Waals surface area contributed by atoms with Crippen LogP contribution in [0.5, 0.6) is 0 Å². The van der Waals surface area contributed by atoms with Gasteiger partial charge in [0.1, 0.15) is 6.10 Å². The Kier molecular flexibility index (Phi) is 6.99. The number of ether oxygens (including phenoxy) is 1. The van der Waals surface area contributed by atoms with Crippen LogP contribution in [0.15, 0.2) is 27.9 Å². The zero-order valence-corrected chi connectivity index (χ0v) is 17.0. The van der Waals surface area contributed by atoms with Gasteiger partial charge in [-0.15, -0.1) is 0 Å². The molecule has 1 aliphatic heterocycles. The Morgan fingerprint density at radius 1 is 1.22 bits per heavy atom. The van der Waals surface area contributed by atoms with E-state index in [9.17, 15) is 19.3 Å². The normalized spacial score (nSPS) is 23.3. The summed E-state index contributed by atoms with van der Waals surface area (Å²) >= 11 is 0. The van der Waals surface area contributed by atoms with Gasteiger partial charge in [-0.3, -0.25) is 18.9 Å². The van der Waals surface area contributed by atoms with Crippen LogP contribution in [-0.2, 0) is 18.3 Å². The Labute approximate surface area is 157 Å². The molecule has 0 aliphatic carbocycles. The molecule has 0 aromatic carbocycles. The predicted octanol–water partition coefficient (Wildman–Crippen LogP) is 1.70. The van der Waals surface area contributed by atoms with E-state index in [0.717, 1.165) is 0 Å². The van der Waals surface area contributed by atoms with Gasteiger partial charge >= 0.3 is 13.3 Å². The van der Waals surface area contributed by atoms with Crippen LogP contribution in [0.4, 0.5) is 0 Å². The Morgan fingerprint density at radius 3 is 2.33 bits per heavy atom. The minimum Gasteiger partial charge on any atom is -0.394 e. The summed E-state index contributed by atoms with van der Waals surface area (Å²) in [5.41, 5.74) is -0.755. The third kappa shape index (κ3) is 5.06. The first-order valence-electron chi connectivity index (χ1n) is 8.80. The van der Waals surface area contributed by atoms with E-state index in [1.807, 2.05) is 0 Å². The largest absolute Gasteiger partial charge is 0.394 e. The molecule has 2 heterocycles. The molecule has 2 rings (SSSR count). The third-order valence-electron chi connectivity index (χ3n) is 3.84. The summed E-state index contributed by atoms with van der Waals surface area (Å²) < 4.78 is 31.4. The van der Waals surface area contributed by atoms with E-state index < -0.39 is 43.4 Å². The fraction of sp³-hybridized carbons (Fsp3) is 0.647. The summed E-state index contributed by atoms with van der Waals surface area (Å²) in [6.07, 6.45) is 2.92. The lowest BCUT2D eigenvalue weighted by molar-refractivity contribution is -0.0341. The molecule has 0 saturated carbocycles. The van der Waals surface area contributed by atoms with Gasteiger partial charge in [0.15, 0.2) is 5.85 Å². The molecule has 1 aliphatic rings. The van der Waals surface area contributed by atoms with Crippen LogP contribution in [0.25, 0.3) is 0 Å². The van der Waals surface area contributed by atoms with Crippen LogP contribution in [0.2, 0.25) is 0 Å². The zero-order chi connectivity index (χ0) is 20.4. The summed E-state index contributed by atoms with van der Waals surface area (Å²) in [6, 6.07) is -0.680. The summed E-state index contributed by atoms with van der Waals surface area (Å²) in [5, 5.41) is 9.77. The molecular weight excluding hydrogens is 375 g/mol. The van der Waals surface area contributed by atoms with Gasteiger partial charge in [-0.05, 0) is 40.7 Å². The molecule has 0 unspecified atom stereocenters. The number of H-pyrrole nitrogens is 1. The van der Waals surface area contributed by atoms with Crippen molar-refractivity contribution in [3.63, 3.8) is 0 Å². The van der Waals surface area contributed by atoms with Crippen molar-refractivity contribution in [1.82, 2.24) is 9.55 Å². The first-order valence-corrected chi connectivity index (χ1v) is 10.4. The Bertz CT molecular complexity index is 828. The van der Waals surface area contributed by atoms with E-state index in [-0.39, 0.29) is 12.2 Å². The van der Waals surface area contributed by atoms with Crippen LogP contribution >= 0.6 is 7.60 Å². The molecular formula is C17H27N2O7P. The van der Waals surface area contributed by atoms with E-state index in [1.165, 1.54) is 16.8 Å². The Hall–Kier alpha value is -1.51. The second-order valence-corrected chi connectivity index (χ2v) is 8.96. The van der Waals surface area contributed by atoms with E-state index in [2.05, 4.69) is 4.98 Å². The highest BCUT2D eigenvalue weighted by Gasteiger charge is 2.42. The van der Waals surface area contributed by atoms with Gasteiger partial charge < -0.3 is 18.9 Å². The van der Waals surface area contributed by atoms with Gasteiger partial charge in [-0.1, -0.05) is 6.08 Å². The Morgan fingerprint density at radius 2 is 1.81 bits per heavy atom. The van der Waals surface area contributed by atoms with Gasteiger partial charge in [-0.25, -0.2) is 4.79 Å². The molecule has 27 heavy (non-hydrogen) atoms. The summed E-state index contributed by atoms with van der Waals surface area (Å²) in [5.74, 6) is -1.02. The van der Waals surface area contributed by atoms with Crippen LogP contribution in [0.1, 0.15) is 39.3 Å². The second-order valence-electron chi connectivity index (χ2n) is 6.95. The highest BCUT2D eigenvalue weighted by Crippen LogP contribution is 2.57. The van der Waals surface area contributed by atoms with Crippen molar-refractivity contribution in [2.45, 2.75) is 64.8 Å². The van der Waals surface area contributed by atoms with Crippen molar-refractivity contribution in [2.24, 2.45) is 0 Å². The summed E-state index contributed by atoms with van der Waals surface area (Å²) in [4.78, 5) is 26.0. The topological polar surface area (TPSA) is 120 Å². The maximum atomic E-state index is 13.2. The van der Waals surface area contributed by atoms with Gasteiger partial charge in [0.05, 0.1) is 24.9 Å². The average molecular weight is 402 g/mol. The molecule has 0 bridgehead atoms. The first kappa shape index (κ1) is 21.8. The number of rotatable bonds is 7. The highest BCUT2D eigenvalue weighted by molar-refractivity contribution is 7.54. The molecule has 0 spiro atoms. The maximum absolute atomic E-state index is 13.2. The number of aromatic amines is 1. The van der Waals surface area contributed by atoms with Crippen molar-refractivity contribution in [2.75, 3.05) is 6.61 Å². The van der Waals surface area contributed by atoms with Crippen LogP contribution in [0.3, 0.4) is 0 Å². The second kappa shape index (κ2) is 8.67. The van der Waals surface area contributed by atoms with Crippen LogP contribution in [0, 0.1) is 6.92 Å². The number of nitrogens with zero attached hydrogens (tertiary/aromatic N) is 1. The maximum Gasteiger partial charge on any atom is 0.363 e. The highest BCUT2D eigenvalue weighted by atomic mass is 31.2. The predicted molar refractivity (Wildman–Crippen MR) is 100 cm³/mol. The number of aryl methyl sites for hydroxylation is 1. The van der Waals surface area contributed by atoms with Crippen molar-refractivity contribution in [3.05, 3.63) is 44.8 Å². The average Bonchev–Trinajstić information content (AvgIpc) is 2.56. The molecule has 1 aromatic heterocycles. The van der Waals surface area contributed by atoms with E-state index in [4.69, 9.17) is 13.8 Å². The standard InChI is InChI=1S/C17H27N2O7P/c1-10(2)25-27(23,26-11(3)4)15-7-6-13(14(9-20)24-15)19-8-12(5)16(21)18-17(19)22/h6-8,10-11,13-15,20H,9H2,1-5H3,(H,18,21,22)/t13-,14-,15+/m1/s1. The van der Waals surface area contributed by atoms with Crippen LogP contribution < -0.4 is 11.2 Å². The third-order valence-corrected chi connectivity index (χ3v) is 6.19. The summed E-state index contributed by atoms with van der Waals surface area (Å²) in [7, 11) is -3.67. The number of aliphatic hydroxyl groups excluding tert-OH is 1. The van der Waals surface area contributed by atoms with Crippen LogP contribution in [-0.4, -0.2) is 45.4 Å². The Balaban J connectivity index is 2.40. The molecule has 152 valence electrons. The van der Waals surface area contributed by atoms with E-state index in [0.29, 0.717) is 5.56 Å². The SMILES string of the molecule is Cc1cn([C@@H]2C=C[C@H](P(=O)(OC(C)C)OC(C)C)O[C@@H]2CO)c(=O)[nH]c1=O. The fourth-order valence-electron chi connectivity index (χ4n) is 2.78. The minimum absolute atomic E-state index is 0.346. The molecule has 3 atom stereocenters. The molecule has 0 amide bonds. The van der Waals surface area contributed by atoms with Crippen molar-refractivity contribution in [3.8, 4) is 0 Å². The van der Waals surface area contributed by atoms with Crippen molar-refractivity contribution < 1.29 is 23.5 Å². The lowest BCUT2D eigenvalue weighted by atomic mass is 10.1. The molecule has 0 saturated heterocycles. The minimum atomic E-state index is -3.67. The first-order chi connectivity index (χ1) is 12.6. The molecule has 0 radical (unpaired) electrons. The lowest BCUT2D eigenvalue weighted by Crippen LogP contribution is -2.42. The number of hydrogen-bond donors (Lipinski definition) is 2. The quantitative estimate of drug-likeness (QED) is 0.526. The van der Waals surface area contributed by atoms with E-state index >= 15 is 0 Å². The number of aromatic nitrogens is 2. The number of aliphatic hydroxyl groups is 1. The molecule has 2 N–H and O–H groups in total. The molecule has 1 aromatic rings. The fourth-order valence-corrected chi connectivity index (χ4v) is 4.86. The summed E-state index contributed by atoms with van der Waals surface area (Å²) in [6.45, 7) is 8.07. The number of nitrogens with one attached hydrogen (secondary N) is 1. The van der Waals surface area contributed by atoms with Gasteiger partial charge in [0.25, 0.3) is 5.56 Å². The number of hydrogen-bond acceptors (Lipinski definition) is 7. The van der Waals surface area contributed by atoms with E-state index in [1.54, 1.807) is 40.7 Å². The molecule has 0 fully saturated rings. The monoisotopic (exact) mass is 402 g/mol. The van der Waals surface area contributed by atoms with Crippen molar-refractivity contribution >= 4 is 7.60 Å². The van der Waals surface area contributed by atoms with Crippen molar-refractivity contribution in [1.29, 1.82) is 0 Å². The van der Waals surface area contributed by atoms with Gasteiger partial charge in [0.2, 0.25) is 0 Å². The zero-order valence-electron chi connectivity index (χ0n) is 16.1. The smallest absolute Gasteiger partial charge is 0.363 e. The van der Waals surface area contributed by atoms with Gasteiger partial charge in [-0.2, -0.15) is 0 Å². The molecule has 10 heteroatoms.